The van der Waals surface area contributed by atoms with Crippen LogP contribution in [0.25, 0.3) is 98.0 Å². The first-order chi connectivity index (χ1) is 32.4. The average molecular weight is 881 g/mol. The lowest BCUT2D eigenvalue weighted by molar-refractivity contribution is 0.529. The number of rotatable bonds is 22. The SMILES string of the molecule is CCCCCCCCCCCCn1c(=O)c2cc3nc4c5cccc6c7nc8cc9c(=O)n(CCCCCCCCCCCC)c(=O)c9cc8nc7c7cccc(c4nc3cc2c1=O)c7c56. The van der Waals surface area contributed by atoms with E-state index in [2.05, 4.69) is 13.8 Å². The molecule has 10 rings (SSSR count). The summed E-state index contributed by atoms with van der Waals surface area (Å²) >= 11 is 0. The van der Waals surface area contributed by atoms with Crippen LogP contribution in [0, 0.1) is 0 Å². The fraction of sp³-hybridized carbons (Fsp3) is 0.429. The van der Waals surface area contributed by atoms with Crippen molar-refractivity contribution in [1.29, 1.82) is 0 Å². The first kappa shape index (κ1) is 43.7. The van der Waals surface area contributed by atoms with Gasteiger partial charge in [0.2, 0.25) is 0 Å². The van der Waals surface area contributed by atoms with E-state index in [-0.39, 0.29) is 22.2 Å². The number of hydrogen-bond donors (Lipinski definition) is 0. The number of fused-ring (bicyclic) bond motifs is 10. The summed E-state index contributed by atoms with van der Waals surface area (Å²) in [4.78, 5) is 75.7. The summed E-state index contributed by atoms with van der Waals surface area (Å²) in [6.07, 6.45) is 23.6. The summed E-state index contributed by atoms with van der Waals surface area (Å²) in [7, 11) is 0. The molecule has 4 heterocycles. The normalized spacial score (nSPS) is 12.5. The van der Waals surface area contributed by atoms with Crippen LogP contribution in [-0.2, 0) is 13.1 Å². The van der Waals surface area contributed by atoms with Crippen molar-refractivity contribution in [1.82, 2.24) is 29.1 Å². The maximum atomic E-state index is 13.7. The van der Waals surface area contributed by atoms with Crippen LogP contribution in [0.2, 0.25) is 0 Å². The Labute approximate surface area is 383 Å². The van der Waals surface area contributed by atoms with Gasteiger partial charge in [-0.15, -0.1) is 0 Å². The van der Waals surface area contributed by atoms with Crippen molar-refractivity contribution in [2.24, 2.45) is 0 Å². The smallest absolute Gasteiger partial charge is 0.261 e. The molecule has 0 aliphatic rings. The molecular formula is C56H60N6O4. The third-order valence-corrected chi connectivity index (χ3v) is 14.4. The Bertz CT molecular complexity index is 3190. The van der Waals surface area contributed by atoms with Gasteiger partial charge in [0.15, 0.2) is 0 Å². The summed E-state index contributed by atoms with van der Waals surface area (Å²) in [6.45, 7) is 5.30. The van der Waals surface area contributed by atoms with Crippen molar-refractivity contribution in [3.63, 3.8) is 0 Å². The summed E-state index contributed by atoms with van der Waals surface area (Å²) < 4.78 is 2.80. The first-order valence-electron chi connectivity index (χ1n) is 25.1. The topological polar surface area (TPSA) is 130 Å². The lowest BCUT2D eigenvalue weighted by atomic mass is 9.91. The second-order valence-electron chi connectivity index (χ2n) is 19.0. The Morgan fingerprint density at radius 3 is 0.833 bits per heavy atom. The molecule has 0 spiro atoms. The molecule has 6 aromatic carbocycles. The maximum absolute atomic E-state index is 13.7. The molecule has 338 valence electrons. The highest BCUT2D eigenvalue weighted by molar-refractivity contribution is 6.38. The van der Waals surface area contributed by atoms with Crippen LogP contribution in [0.15, 0.2) is 79.8 Å². The second kappa shape index (κ2) is 19.0. The van der Waals surface area contributed by atoms with Gasteiger partial charge in [-0.1, -0.05) is 166 Å². The van der Waals surface area contributed by atoms with Gasteiger partial charge < -0.3 is 0 Å². The molecule has 10 aromatic rings. The quantitative estimate of drug-likeness (QED) is 0.0374. The van der Waals surface area contributed by atoms with E-state index >= 15 is 0 Å². The van der Waals surface area contributed by atoms with Crippen molar-refractivity contribution in [2.45, 2.75) is 155 Å². The van der Waals surface area contributed by atoms with Gasteiger partial charge in [0.05, 0.1) is 65.7 Å². The lowest BCUT2D eigenvalue weighted by Gasteiger charge is -2.16. The van der Waals surface area contributed by atoms with Crippen LogP contribution in [-0.4, -0.2) is 29.1 Å². The summed E-state index contributed by atoms with van der Waals surface area (Å²) in [5.74, 6) is 0. The number of hydrogen-bond acceptors (Lipinski definition) is 8. The highest BCUT2D eigenvalue weighted by Crippen LogP contribution is 2.43. The molecule has 0 N–H and O–H groups in total. The number of benzene rings is 6. The Morgan fingerprint density at radius 1 is 0.333 bits per heavy atom. The van der Waals surface area contributed by atoms with Crippen LogP contribution in [0.4, 0.5) is 0 Å². The molecule has 0 radical (unpaired) electrons. The van der Waals surface area contributed by atoms with Crippen LogP contribution in [0.1, 0.15) is 142 Å². The molecule has 4 aromatic heterocycles. The Morgan fingerprint density at radius 2 is 0.576 bits per heavy atom. The fourth-order valence-electron chi connectivity index (χ4n) is 10.8. The van der Waals surface area contributed by atoms with E-state index in [0.29, 0.717) is 78.8 Å². The largest absolute Gasteiger partial charge is 0.274 e. The molecule has 0 saturated carbocycles. The summed E-state index contributed by atoms with van der Waals surface area (Å²) in [6, 6.07) is 19.2. The molecular weight excluding hydrogens is 821 g/mol. The molecule has 10 nitrogen and oxygen atoms in total. The van der Waals surface area contributed by atoms with Gasteiger partial charge in [0.25, 0.3) is 22.2 Å². The van der Waals surface area contributed by atoms with Crippen molar-refractivity contribution >= 4 is 98.0 Å². The van der Waals surface area contributed by atoms with Crippen molar-refractivity contribution in [2.75, 3.05) is 0 Å². The maximum Gasteiger partial charge on any atom is 0.261 e. The third kappa shape index (κ3) is 7.90. The van der Waals surface area contributed by atoms with E-state index in [0.717, 1.165) is 70.8 Å². The van der Waals surface area contributed by atoms with Gasteiger partial charge >= 0.3 is 0 Å². The van der Waals surface area contributed by atoms with Crippen LogP contribution in [0.5, 0.6) is 0 Å². The zero-order chi connectivity index (χ0) is 45.3. The molecule has 0 amide bonds. The van der Waals surface area contributed by atoms with Crippen LogP contribution < -0.4 is 22.2 Å². The Hall–Kier alpha value is -6.16. The molecule has 0 atom stereocenters. The predicted octanol–water partition coefficient (Wildman–Crippen LogP) is 12.8. The Kier molecular flexibility index (Phi) is 12.6. The van der Waals surface area contributed by atoms with E-state index in [1.54, 1.807) is 24.3 Å². The zero-order valence-corrected chi connectivity index (χ0v) is 38.6. The molecule has 0 unspecified atom stereocenters. The number of nitrogens with zero attached hydrogens (tertiary/aromatic N) is 6. The molecule has 0 fully saturated rings. The molecule has 10 heteroatoms. The highest BCUT2D eigenvalue weighted by atomic mass is 16.2. The van der Waals surface area contributed by atoms with E-state index in [1.807, 2.05) is 36.4 Å². The van der Waals surface area contributed by atoms with Crippen LogP contribution in [0.3, 0.4) is 0 Å². The van der Waals surface area contributed by atoms with E-state index in [9.17, 15) is 19.2 Å². The average Bonchev–Trinajstić information content (AvgIpc) is 3.70. The number of unbranched alkanes of at least 4 members (excludes halogenated alkanes) is 18. The second-order valence-corrected chi connectivity index (χ2v) is 19.0. The van der Waals surface area contributed by atoms with Gasteiger partial charge in [-0.25, -0.2) is 19.9 Å². The minimum Gasteiger partial charge on any atom is -0.274 e. The van der Waals surface area contributed by atoms with Crippen molar-refractivity contribution < 1.29 is 0 Å². The first-order valence-corrected chi connectivity index (χ1v) is 25.1. The fourth-order valence-corrected chi connectivity index (χ4v) is 10.8. The molecule has 0 aliphatic heterocycles. The van der Waals surface area contributed by atoms with Crippen molar-refractivity contribution in [3.8, 4) is 0 Å². The highest BCUT2D eigenvalue weighted by Gasteiger charge is 2.23. The van der Waals surface area contributed by atoms with Gasteiger partial charge in [-0.3, -0.25) is 28.3 Å². The van der Waals surface area contributed by atoms with E-state index in [4.69, 9.17) is 19.9 Å². The molecule has 0 saturated heterocycles. The monoisotopic (exact) mass is 880 g/mol. The van der Waals surface area contributed by atoms with Gasteiger partial charge in [0, 0.05) is 45.4 Å². The minimum absolute atomic E-state index is 0.264. The summed E-state index contributed by atoms with van der Waals surface area (Å²) in [5.41, 5.74) is 3.98. The zero-order valence-electron chi connectivity index (χ0n) is 38.6. The Balaban J connectivity index is 0.981. The standard InChI is InChI=1S/C56H60N6O4/c1-3-5-7-9-11-13-15-17-19-21-29-61-53(63)39-31-43-44(32-40(39)54(61)64)58-50-36-26-24-28-38-48(36)47-35(49(50)57-43)25-23-27-37(47)51-52(38)60-46-34-42-41(33-45(46)59-51)55(65)62(56(42)66)30-22-20-18-16-14-12-10-8-6-4-2/h23-28,31-34H,3-22,29-30H2,1-2H3. The van der Waals surface area contributed by atoms with Crippen LogP contribution >= 0.6 is 0 Å². The minimum atomic E-state index is -0.264. The summed E-state index contributed by atoms with van der Waals surface area (Å²) in [5, 5.41) is 7.07. The molecule has 0 aliphatic carbocycles. The van der Waals surface area contributed by atoms with E-state index in [1.165, 1.54) is 99.0 Å². The van der Waals surface area contributed by atoms with Crippen molar-refractivity contribution in [3.05, 3.63) is 102 Å². The van der Waals surface area contributed by atoms with Gasteiger partial charge in [-0.2, -0.15) is 0 Å². The van der Waals surface area contributed by atoms with E-state index < -0.39 is 0 Å². The molecule has 0 bridgehead atoms. The van der Waals surface area contributed by atoms with Gasteiger partial charge in [-0.05, 0) is 37.1 Å². The lowest BCUT2D eigenvalue weighted by Crippen LogP contribution is -2.25. The van der Waals surface area contributed by atoms with Gasteiger partial charge in [0.1, 0.15) is 0 Å². The number of aromatic nitrogens is 6. The third-order valence-electron chi connectivity index (χ3n) is 14.4. The predicted molar refractivity (Wildman–Crippen MR) is 273 cm³/mol. The molecule has 66 heavy (non-hydrogen) atoms.